The Hall–Kier alpha value is -2.29. The second-order valence-electron chi connectivity index (χ2n) is 4.21. The van der Waals surface area contributed by atoms with Crippen LogP contribution in [0.2, 0.25) is 0 Å². The number of nitrogen functional groups attached to an aromatic ring is 1. The lowest BCUT2D eigenvalue weighted by Gasteiger charge is -1.98. The van der Waals surface area contributed by atoms with Gasteiger partial charge in [-0.15, -0.1) is 11.3 Å². The monoisotopic (exact) mass is 301 g/mol. The van der Waals surface area contributed by atoms with Crippen LogP contribution in [0.25, 0.3) is 0 Å². The minimum Gasteiger partial charge on any atom is -0.462 e. The van der Waals surface area contributed by atoms with Crippen molar-refractivity contribution in [3.05, 3.63) is 51.9 Å². The SMILES string of the molecule is CCOC(=O)c1cc(C#Cc2ccc(CO)cc2)sc1N. The van der Waals surface area contributed by atoms with E-state index in [0.717, 1.165) is 11.1 Å². The number of hydrogen-bond donors (Lipinski definition) is 2. The van der Waals surface area contributed by atoms with Gasteiger partial charge in [0, 0.05) is 5.56 Å². The molecule has 0 aliphatic heterocycles. The maximum atomic E-state index is 11.7. The van der Waals surface area contributed by atoms with E-state index in [9.17, 15) is 4.79 Å². The molecule has 0 amide bonds. The van der Waals surface area contributed by atoms with Crippen molar-refractivity contribution in [1.29, 1.82) is 0 Å². The molecule has 1 aromatic carbocycles. The molecule has 0 bridgehead atoms. The van der Waals surface area contributed by atoms with E-state index < -0.39 is 5.97 Å². The van der Waals surface area contributed by atoms with E-state index in [-0.39, 0.29) is 6.61 Å². The molecule has 5 heteroatoms. The molecule has 3 N–H and O–H groups in total. The van der Waals surface area contributed by atoms with Crippen LogP contribution in [0, 0.1) is 11.8 Å². The molecule has 0 saturated heterocycles. The van der Waals surface area contributed by atoms with Gasteiger partial charge in [-0.1, -0.05) is 24.0 Å². The Morgan fingerprint density at radius 1 is 1.33 bits per heavy atom. The van der Waals surface area contributed by atoms with Crippen LogP contribution in [0.3, 0.4) is 0 Å². The molecule has 0 fully saturated rings. The summed E-state index contributed by atoms with van der Waals surface area (Å²) in [5.41, 5.74) is 7.83. The van der Waals surface area contributed by atoms with Crippen LogP contribution in [0.4, 0.5) is 5.00 Å². The Labute approximate surface area is 127 Å². The third-order valence-corrected chi connectivity index (χ3v) is 3.60. The highest BCUT2D eigenvalue weighted by Crippen LogP contribution is 2.25. The molecular weight excluding hydrogens is 286 g/mol. The number of benzene rings is 1. The van der Waals surface area contributed by atoms with Crippen molar-refractivity contribution in [2.45, 2.75) is 13.5 Å². The summed E-state index contributed by atoms with van der Waals surface area (Å²) in [5.74, 6) is 5.55. The quantitative estimate of drug-likeness (QED) is 0.674. The molecule has 0 saturated carbocycles. The molecule has 1 heterocycles. The molecule has 2 aromatic rings. The highest BCUT2D eigenvalue weighted by Gasteiger charge is 2.14. The zero-order valence-corrected chi connectivity index (χ0v) is 12.4. The van der Waals surface area contributed by atoms with Crippen LogP contribution in [0.1, 0.15) is 33.3 Å². The summed E-state index contributed by atoms with van der Waals surface area (Å²) in [7, 11) is 0. The zero-order valence-electron chi connectivity index (χ0n) is 11.6. The smallest absolute Gasteiger partial charge is 0.341 e. The topological polar surface area (TPSA) is 72.5 Å². The number of carbonyl (C=O) groups is 1. The Morgan fingerprint density at radius 3 is 2.67 bits per heavy atom. The maximum absolute atomic E-state index is 11.7. The number of thiophene rings is 1. The Kier molecular flexibility index (Phi) is 4.99. The summed E-state index contributed by atoms with van der Waals surface area (Å²) in [6.45, 7) is 2.07. The predicted molar refractivity (Wildman–Crippen MR) is 83.0 cm³/mol. The summed E-state index contributed by atoms with van der Waals surface area (Å²) >= 11 is 1.26. The number of aliphatic hydroxyl groups excluding tert-OH is 1. The third kappa shape index (κ3) is 3.85. The highest BCUT2D eigenvalue weighted by atomic mass is 32.1. The van der Waals surface area contributed by atoms with E-state index in [0.29, 0.717) is 22.0 Å². The van der Waals surface area contributed by atoms with Gasteiger partial charge in [0.15, 0.2) is 0 Å². The number of aliphatic hydroxyl groups is 1. The minimum absolute atomic E-state index is 0.0120. The van der Waals surface area contributed by atoms with Crippen molar-refractivity contribution in [2.24, 2.45) is 0 Å². The molecule has 4 nitrogen and oxygen atoms in total. The van der Waals surface area contributed by atoms with E-state index in [4.69, 9.17) is 15.6 Å². The summed E-state index contributed by atoms with van der Waals surface area (Å²) in [5, 5.41) is 9.38. The van der Waals surface area contributed by atoms with E-state index in [2.05, 4.69) is 11.8 Å². The second kappa shape index (κ2) is 6.93. The van der Waals surface area contributed by atoms with Gasteiger partial charge < -0.3 is 15.6 Å². The summed E-state index contributed by atoms with van der Waals surface area (Å²) in [4.78, 5) is 12.4. The summed E-state index contributed by atoms with van der Waals surface area (Å²) in [6.07, 6.45) is 0. The fourth-order valence-electron chi connectivity index (χ4n) is 1.66. The lowest BCUT2D eigenvalue weighted by atomic mass is 10.1. The van der Waals surface area contributed by atoms with Crippen LogP contribution in [-0.2, 0) is 11.3 Å². The Balaban J connectivity index is 2.18. The summed E-state index contributed by atoms with van der Waals surface area (Å²) in [6, 6.07) is 8.95. The van der Waals surface area contributed by atoms with Gasteiger partial charge in [0.2, 0.25) is 0 Å². The van der Waals surface area contributed by atoms with Gasteiger partial charge in [0.1, 0.15) is 5.00 Å². The first-order valence-electron chi connectivity index (χ1n) is 6.42. The minimum atomic E-state index is -0.424. The molecule has 0 aliphatic rings. The lowest BCUT2D eigenvalue weighted by molar-refractivity contribution is 0.0528. The molecule has 108 valence electrons. The molecule has 0 spiro atoms. The van der Waals surface area contributed by atoms with Gasteiger partial charge >= 0.3 is 5.97 Å². The third-order valence-electron chi connectivity index (χ3n) is 2.72. The molecule has 0 aliphatic carbocycles. The van der Waals surface area contributed by atoms with Gasteiger partial charge in [-0.2, -0.15) is 0 Å². The van der Waals surface area contributed by atoms with E-state index >= 15 is 0 Å². The standard InChI is InChI=1S/C16H15NO3S/c1-2-20-16(19)14-9-13(21-15(14)17)8-7-11-3-5-12(10-18)6-4-11/h3-6,9,18H,2,10,17H2,1H3. The average Bonchev–Trinajstić information content (AvgIpc) is 2.87. The van der Waals surface area contributed by atoms with Crippen molar-refractivity contribution in [3.63, 3.8) is 0 Å². The van der Waals surface area contributed by atoms with Crippen LogP contribution in [-0.4, -0.2) is 17.7 Å². The van der Waals surface area contributed by atoms with Gasteiger partial charge in [-0.3, -0.25) is 0 Å². The first-order valence-corrected chi connectivity index (χ1v) is 7.24. The number of anilines is 1. The molecule has 0 unspecified atom stereocenters. The largest absolute Gasteiger partial charge is 0.462 e. The van der Waals surface area contributed by atoms with E-state index in [1.165, 1.54) is 11.3 Å². The van der Waals surface area contributed by atoms with Crippen LogP contribution >= 0.6 is 11.3 Å². The molecule has 2 rings (SSSR count). The van der Waals surface area contributed by atoms with Crippen molar-refractivity contribution >= 4 is 22.3 Å². The zero-order chi connectivity index (χ0) is 15.2. The van der Waals surface area contributed by atoms with Crippen molar-refractivity contribution < 1.29 is 14.6 Å². The number of hydrogen-bond acceptors (Lipinski definition) is 5. The number of nitrogens with two attached hydrogens (primary N) is 1. The maximum Gasteiger partial charge on any atom is 0.341 e. The fraction of sp³-hybridized carbons (Fsp3) is 0.188. The van der Waals surface area contributed by atoms with Crippen LogP contribution in [0.5, 0.6) is 0 Å². The number of carbonyl (C=O) groups excluding carboxylic acids is 1. The summed E-state index contributed by atoms with van der Waals surface area (Å²) < 4.78 is 4.93. The normalized spacial score (nSPS) is 9.81. The molecule has 0 radical (unpaired) electrons. The average molecular weight is 301 g/mol. The highest BCUT2D eigenvalue weighted by molar-refractivity contribution is 7.16. The second-order valence-corrected chi connectivity index (χ2v) is 5.30. The number of esters is 1. The Morgan fingerprint density at radius 2 is 2.05 bits per heavy atom. The van der Waals surface area contributed by atoms with Crippen molar-refractivity contribution in [1.82, 2.24) is 0 Å². The van der Waals surface area contributed by atoms with Gasteiger partial charge in [-0.25, -0.2) is 4.79 Å². The number of rotatable bonds is 3. The van der Waals surface area contributed by atoms with Crippen molar-refractivity contribution in [3.8, 4) is 11.8 Å². The molecular formula is C16H15NO3S. The van der Waals surface area contributed by atoms with Crippen LogP contribution in [0.15, 0.2) is 30.3 Å². The van der Waals surface area contributed by atoms with Gasteiger partial charge in [0.25, 0.3) is 0 Å². The predicted octanol–water partition coefficient (Wildman–Crippen LogP) is 2.40. The lowest BCUT2D eigenvalue weighted by Crippen LogP contribution is -2.05. The van der Waals surface area contributed by atoms with Crippen LogP contribution < -0.4 is 5.73 Å². The Bertz CT molecular complexity index is 693. The number of ether oxygens (including phenoxy) is 1. The first-order chi connectivity index (χ1) is 10.1. The van der Waals surface area contributed by atoms with Gasteiger partial charge in [0.05, 0.1) is 23.7 Å². The van der Waals surface area contributed by atoms with Crippen molar-refractivity contribution in [2.75, 3.05) is 12.3 Å². The van der Waals surface area contributed by atoms with E-state index in [1.54, 1.807) is 13.0 Å². The van der Waals surface area contributed by atoms with E-state index in [1.807, 2.05) is 24.3 Å². The molecule has 1 aromatic heterocycles. The molecule has 21 heavy (non-hydrogen) atoms. The molecule has 0 atom stereocenters. The fourth-order valence-corrected chi connectivity index (χ4v) is 2.43. The van der Waals surface area contributed by atoms with Gasteiger partial charge in [-0.05, 0) is 30.7 Å². The first kappa shape index (κ1) is 15.1.